The van der Waals surface area contributed by atoms with Crippen molar-refractivity contribution in [2.45, 2.75) is 32.2 Å². The molecule has 0 spiro atoms. The van der Waals surface area contributed by atoms with E-state index in [0.29, 0.717) is 12.5 Å². The number of hydrogen-bond acceptors (Lipinski definition) is 2. The summed E-state index contributed by atoms with van der Waals surface area (Å²) >= 11 is 0. The molecule has 0 radical (unpaired) electrons. The summed E-state index contributed by atoms with van der Waals surface area (Å²) in [4.78, 5) is 11.9. The predicted octanol–water partition coefficient (Wildman–Crippen LogP) is 2.07. The Morgan fingerprint density at radius 3 is 2.56 bits per heavy atom. The van der Waals surface area contributed by atoms with Gasteiger partial charge in [0.15, 0.2) is 0 Å². The van der Waals surface area contributed by atoms with Crippen molar-refractivity contribution in [2.75, 3.05) is 6.54 Å². The first-order valence-electron chi connectivity index (χ1n) is 6.10. The molecular formula is C14H21ClN2O. The second kappa shape index (κ2) is 5.72. The molecule has 4 heteroatoms. The molecular weight excluding hydrogens is 248 g/mol. The first-order chi connectivity index (χ1) is 8.04. The number of nitrogens with two attached hydrogens (primary N) is 1. The van der Waals surface area contributed by atoms with Gasteiger partial charge in [0.2, 0.25) is 5.91 Å². The predicted molar refractivity (Wildman–Crippen MR) is 75.8 cm³/mol. The maximum atomic E-state index is 11.9. The Kier molecular flexibility index (Phi) is 4.77. The molecule has 2 atom stereocenters. The number of hydrogen-bond donors (Lipinski definition) is 2. The molecule has 18 heavy (non-hydrogen) atoms. The van der Waals surface area contributed by atoms with Gasteiger partial charge in [0, 0.05) is 18.5 Å². The van der Waals surface area contributed by atoms with Crippen molar-refractivity contribution in [2.24, 2.45) is 11.1 Å². The monoisotopic (exact) mass is 268 g/mol. The van der Waals surface area contributed by atoms with Crippen molar-refractivity contribution in [1.29, 1.82) is 0 Å². The van der Waals surface area contributed by atoms with E-state index in [1.54, 1.807) is 0 Å². The van der Waals surface area contributed by atoms with Crippen molar-refractivity contribution in [3.63, 3.8) is 0 Å². The molecule has 1 fully saturated rings. The van der Waals surface area contributed by atoms with E-state index in [1.165, 1.54) is 5.56 Å². The Morgan fingerprint density at radius 2 is 2.00 bits per heavy atom. The standard InChI is InChI=1S/C14H20N2O.ClH/c1-14(2,9-15)13(17)16-12-8-11(12)10-6-4-3-5-7-10;/h3-7,11-12H,8-9,15H2,1-2H3,(H,16,17);1H. The lowest BCUT2D eigenvalue weighted by molar-refractivity contribution is -0.129. The van der Waals surface area contributed by atoms with Crippen LogP contribution in [0.5, 0.6) is 0 Å². The Bertz CT molecular complexity index is 406. The molecule has 1 aliphatic rings. The van der Waals surface area contributed by atoms with Gasteiger partial charge in [-0.1, -0.05) is 30.3 Å². The van der Waals surface area contributed by atoms with Crippen molar-refractivity contribution >= 4 is 18.3 Å². The van der Waals surface area contributed by atoms with Gasteiger partial charge in [0.25, 0.3) is 0 Å². The van der Waals surface area contributed by atoms with Crippen LogP contribution in [-0.2, 0) is 4.79 Å². The third kappa shape index (κ3) is 3.24. The first kappa shape index (κ1) is 15.0. The second-order valence-corrected chi connectivity index (χ2v) is 5.42. The number of carbonyl (C=O) groups is 1. The van der Waals surface area contributed by atoms with E-state index < -0.39 is 5.41 Å². The number of carbonyl (C=O) groups excluding carboxylic acids is 1. The molecule has 0 aliphatic heterocycles. The number of benzene rings is 1. The quantitative estimate of drug-likeness (QED) is 0.878. The van der Waals surface area contributed by atoms with Gasteiger partial charge in [-0.3, -0.25) is 4.79 Å². The van der Waals surface area contributed by atoms with Gasteiger partial charge in [-0.05, 0) is 25.8 Å². The van der Waals surface area contributed by atoms with Crippen LogP contribution in [0, 0.1) is 5.41 Å². The van der Waals surface area contributed by atoms with Crippen LogP contribution in [0.25, 0.3) is 0 Å². The molecule has 100 valence electrons. The summed E-state index contributed by atoms with van der Waals surface area (Å²) < 4.78 is 0. The van der Waals surface area contributed by atoms with Crippen molar-refractivity contribution in [3.05, 3.63) is 35.9 Å². The van der Waals surface area contributed by atoms with Gasteiger partial charge in [-0.15, -0.1) is 12.4 Å². The Hall–Kier alpha value is -1.06. The van der Waals surface area contributed by atoms with Crippen molar-refractivity contribution in [1.82, 2.24) is 5.32 Å². The van der Waals surface area contributed by atoms with Crippen molar-refractivity contribution < 1.29 is 4.79 Å². The fourth-order valence-electron chi connectivity index (χ4n) is 1.88. The minimum absolute atomic E-state index is 0. The molecule has 0 heterocycles. The molecule has 0 aromatic heterocycles. The number of amides is 1. The van der Waals surface area contributed by atoms with Gasteiger partial charge >= 0.3 is 0 Å². The SMILES string of the molecule is CC(C)(CN)C(=O)NC1CC1c1ccccc1.Cl. The van der Waals surface area contributed by atoms with Crippen LogP contribution in [0.15, 0.2) is 30.3 Å². The highest BCUT2D eigenvalue weighted by atomic mass is 35.5. The van der Waals surface area contributed by atoms with Gasteiger partial charge in [0.05, 0.1) is 5.41 Å². The molecule has 1 amide bonds. The third-order valence-corrected chi connectivity index (χ3v) is 3.46. The zero-order valence-electron chi connectivity index (χ0n) is 10.8. The molecule has 0 saturated heterocycles. The molecule has 2 rings (SSSR count). The van der Waals surface area contributed by atoms with Gasteiger partial charge in [-0.25, -0.2) is 0 Å². The summed E-state index contributed by atoms with van der Waals surface area (Å²) in [6.45, 7) is 4.13. The molecule has 1 aromatic carbocycles. The van der Waals surface area contributed by atoms with E-state index in [4.69, 9.17) is 5.73 Å². The summed E-state index contributed by atoms with van der Waals surface area (Å²) in [6, 6.07) is 10.6. The maximum Gasteiger partial charge on any atom is 0.227 e. The lowest BCUT2D eigenvalue weighted by Crippen LogP contribution is -2.42. The average molecular weight is 269 g/mol. The van der Waals surface area contributed by atoms with Crippen LogP contribution in [0.4, 0.5) is 0 Å². The molecule has 1 aliphatic carbocycles. The molecule has 0 bridgehead atoms. The van der Waals surface area contributed by atoms with Crippen LogP contribution in [-0.4, -0.2) is 18.5 Å². The summed E-state index contributed by atoms with van der Waals surface area (Å²) in [7, 11) is 0. The van der Waals surface area contributed by atoms with E-state index in [9.17, 15) is 4.79 Å². The fraction of sp³-hybridized carbons (Fsp3) is 0.500. The minimum atomic E-state index is -0.468. The summed E-state index contributed by atoms with van der Waals surface area (Å²) in [5.74, 6) is 0.539. The molecule has 2 unspecified atom stereocenters. The summed E-state index contributed by atoms with van der Waals surface area (Å²) in [5, 5.41) is 3.07. The summed E-state index contributed by atoms with van der Waals surface area (Å²) in [6.07, 6.45) is 1.04. The number of rotatable bonds is 4. The second-order valence-electron chi connectivity index (χ2n) is 5.42. The van der Waals surface area contributed by atoms with Gasteiger partial charge in [-0.2, -0.15) is 0 Å². The van der Waals surface area contributed by atoms with E-state index in [1.807, 2.05) is 32.0 Å². The molecule has 1 saturated carbocycles. The highest BCUT2D eigenvalue weighted by Gasteiger charge is 2.41. The van der Waals surface area contributed by atoms with Crippen LogP contribution in [0.1, 0.15) is 31.7 Å². The third-order valence-electron chi connectivity index (χ3n) is 3.46. The highest BCUT2D eigenvalue weighted by Crippen LogP contribution is 2.41. The highest BCUT2D eigenvalue weighted by molar-refractivity contribution is 5.85. The lowest BCUT2D eigenvalue weighted by atomic mass is 9.92. The lowest BCUT2D eigenvalue weighted by Gasteiger charge is -2.21. The molecule has 1 aromatic rings. The van der Waals surface area contributed by atoms with Gasteiger partial charge < -0.3 is 11.1 Å². The summed E-state index contributed by atoms with van der Waals surface area (Å²) in [5.41, 5.74) is 6.43. The van der Waals surface area contributed by atoms with E-state index >= 15 is 0 Å². The minimum Gasteiger partial charge on any atom is -0.352 e. The largest absolute Gasteiger partial charge is 0.352 e. The van der Waals surface area contributed by atoms with Crippen LogP contribution < -0.4 is 11.1 Å². The maximum absolute atomic E-state index is 11.9. The Balaban J connectivity index is 0.00000162. The van der Waals surface area contributed by atoms with Crippen LogP contribution in [0.3, 0.4) is 0 Å². The van der Waals surface area contributed by atoms with E-state index in [-0.39, 0.29) is 24.4 Å². The Labute approximate surface area is 115 Å². The Morgan fingerprint density at radius 1 is 1.39 bits per heavy atom. The fourth-order valence-corrected chi connectivity index (χ4v) is 1.88. The van der Waals surface area contributed by atoms with Crippen LogP contribution in [0.2, 0.25) is 0 Å². The molecule has 3 N–H and O–H groups in total. The smallest absolute Gasteiger partial charge is 0.227 e. The zero-order valence-corrected chi connectivity index (χ0v) is 11.7. The van der Waals surface area contributed by atoms with E-state index in [2.05, 4.69) is 17.4 Å². The number of halogens is 1. The topological polar surface area (TPSA) is 55.1 Å². The van der Waals surface area contributed by atoms with Gasteiger partial charge in [0.1, 0.15) is 0 Å². The normalized spacial score (nSPS) is 21.9. The average Bonchev–Trinajstić information content (AvgIpc) is 3.09. The first-order valence-corrected chi connectivity index (χ1v) is 6.10. The zero-order chi connectivity index (χ0) is 12.5. The van der Waals surface area contributed by atoms with Crippen LogP contribution >= 0.6 is 12.4 Å². The molecule has 3 nitrogen and oxygen atoms in total. The van der Waals surface area contributed by atoms with Crippen molar-refractivity contribution in [3.8, 4) is 0 Å². The number of nitrogens with one attached hydrogen (secondary N) is 1. The van der Waals surface area contributed by atoms with E-state index in [0.717, 1.165) is 6.42 Å².